The molecule has 162 valence electrons. The zero-order chi connectivity index (χ0) is 22.6. The number of thiophene rings is 3. The van der Waals surface area contributed by atoms with Crippen molar-refractivity contribution in [1.29, 1.82) is 0 Å². The van der Waals surface area contributed by atoms with Gasteiger partial charge in [0.15, 0.2) is 0 Å². The number of nitrogens with zero attached hydrogens (tertiary/aromatic N) is 1. The second-order valence-corrected chi connectivity index (χ2v) is 10.9. The molecule has 0 saturated heterocycles. The van der Waals surface area contributed by atoms with Crippen molar-refractivity contribution >= 4 is 67.0 Å². The van der Waals surface area contributed by atoms with Gasteiger partial charge in [-0.05, 0) is 54.4 Å². The third-order valence-corrected chi connectivity index (χ3v) is 8.50. The van der Waals surface area contributed by atoms with Gasteiger partial charge in [-0.3, -0.25) is 0 Å². The molecule has 0 aliphatic heterocycles. The molecule has 5 rings (SSSR count). The summed E-state index contributed by atoms with van der Waals surface area (Å²) < 4.78 is 2.74. The van der Waals surface area contributed by atoms with Crippen LogP contribution in [0, 0.1) is 0 Å². The van der Waals surface area contributed by atoms with E-state index in [0.717, 1.165) is 0 Å². The highest BCUT2D eigenvalue weighted by Crippen LogP contribution is 2.39. The largest absolute Gasteiger partial charge is 0.377 e. The van der Waals surface area contributed by atoms with Crippen LogP contribution in [0.25, 0.3) is 11.0 Å². The lowest BCUT2D eigenvalue weighted by Gasteiger charge is -2.25. The average Bonchev–Trinajstić information content (AvgIpc) is 3.64. The zero-order valence-electron chi connectivity index (χ0n) is 18.6. The molecule has 3 heterocycles. The molecule has 33 heavy (non-hydrogen) atoms. The maximum Gasteiger partial charge on any atom is 0.268 e. The van der Waals surface area contributed by atoms with E-state index in [9.17, 15) is 0 Å². The number of para-hydroxylation sites is 1. The first-order chi connectivity index (χ1) is 16.2. The molecule has 0 bridgehead atoms. The molecule has 0 N–H and O–H groups in total. The Bertz CT molecular complexity index is 1290. The first-order valence-corrected chi connectivity index (χ1v) is 13.5. The fraction of sp³-hybridized carbons (Fsp3) is 0.0714. The van der Waals surface area contributed by atoms with Crippen LogP contribution in [0.1, 0.15) is 16.0 Å². The summed E-state index contributed by atoms with van der Waals surface area (Å²) in [6.07, 6.45) is 0. The fourth-order valence-corrected chi connectivity index (χ4v) is 6.90. The maximum atomic E-state index is 2.28. The highest BCUT2D eigenvalue weighted by atomic mass is 32.1. The van der Waals surface area contributed by atoms with Crippen molar-refractivity contribution in [2.45, 2.75) is 0 Å². The van der Waals surface area contributed by atoms with E-state index in [1.54, 1.807) is 0 Å². The molecule has 0 saturated carbocycles. The van der Waals surface area contributed by atoms with Crippen LogP contribution in [0.2, 0.25) is 0 Å². The summed E-state index contributed by atoms with van der Waals surface area (Å²) in [5.74, 6) is 0. The van der Waals surface area contributed by atoms with Crippen molar-refractivity contribution in [1.82, 2.24) is 0 Å². The van der Waals surface area contributed by atoms with Crippen LogP contribution in [0.3, 0.4) is 0 Å². The SMILES string of the molecule is CN(C)c1ccccc1/C(=C(\B(c1cccs1)c1cccs1)c1cccs1)c1ccccc1. The van der Waals surface area contributed by atoms with Crippen molar-refractivity contribution in [3.8, 4) is 0 Å². The Morgan fingerprint density at radius 2 is 1.24 bits per heavy atom. The van der Waals surface area contributed by atoms with Crippen LogP contribution in [0.5, 0.6) is 0 Å². The number of anilines is 1. The molecule has 5 heteroatoms. The Labute approximate surface area is 208 Å². The van der Waals surface area contributed by atoms with Gasteiger partial charge in [0.25, 0.3) is 6.71 Å². The van der Waals surface area contributed by atoms with Gasteiger partial charge in [0, 0.05) is 30.2 Å². The summed E-state index contributed by atoms with van der Waals surface area (Å²) >= 11 is 5.50. The minimum Gasteiger partial charge on any atom is -0.377 e. The number of hydrogen-bond donors (Lipinski definition) is 0. The highest BCUT2D eigenvalue weighted by molar-refractivity contribution is 7.35. The van der Waals surface area contributed by atoms with Gasteiger partial charge in [-0.25, -0.2) is 0 Å². The topological polar surface area (TPSA) is 3.24 Å². The van der Waals surface area contributed by atoms with Gasteiger partial charge in [0.2, 0.25) is 0 Å². The van der Waals surface area contributed by atoms with Gasteiger partial charge >= 0.3 is 0 Å². The standard InChI is InChI=1S/C28H24BNS3/c1-30(2)23-14-7-6-13-22(23)27(21-11-4-3-5-12-21)28(24-15-8-18-31-24)29(25-16-9-19-32-25)26-17-10-20-33-26/h3-20H,1-2H3/b28-27-. The summed E-state index contributed by atoms with van der Waals surface area (Å²) in [4.78, 5) is 3.53. The fourth-order valence-electron chi connectivity index (χ4n) is 4.31. The molecular weight excluding hydrogens is 457 g/mol. The number of benzene rings is 2. The Kier molecular flexibility index (Phi) is 6.63. The van der Waals surface area contributed by atoms with Gasteiger partial charge in [-0.15, -0.1) is 11.3 Å². The summed E-state index contributed by atoms with van der Waals surface area (Å²) in [7, 11) is 4.25. The predicted octanol–water partition coefficient (Wildman–Crippen LogP) is 6.74. The van der Waals surface area contributed by atoms with E-state index in [0.29, 0.717) is 0 Å². The van der Waals surface area contributed by atoms with E-state index in [4.69, 9.17) is 0 Å². The lowest BCUT2D eigenvalue weighted by atomic mass is 9.40. The van der Waals surface area contributed by atoms with E-state index in [2.05, 4.69) is 126 Å². The molecule has 0 aliphatic carbocycles. The number of hydrogen-bond acceptors (Lipinski definition) is 4. The molecule has 5 aromatic rings. The van der Waals surface area contributed by atoms with Crippen LogP contribution >= 0.6 is 34.0 Å². The molecule has 0 spiro atoms. The zero-order valence-corrected chi connectivity index (χ0v) is 21.1. The van der Waals surface area contributed by atoms with Crippen molar-refractivity contribution < 1.29 is 0 Å². The molecule has 1 nitrogen and oxygen atoms in total. The smallest absolute Gasteiger partial charge is 0.268 e. The van der Waals surface area contributed by atoms with E-state index in [1.807, 2.05) is 34.0 Å². The molecule has 3 aromatic heterocycles. The normalized spacial score (nSPS) is 11.8. The van der Waals surface area contributed by atoms with Crippen LogP contribution in [-0.2, 0) is 0 Å². The van der Waals surface area contributed by atoms with Crippen LogP contribution in [0.4, 0.5) is 5.69 Å². The lowest BCUT2D eigenvalue weighted by Crippen LogP contribution is -2.40. The van der Waals surface area contributed by atoms with Gasteiger partial charge in [0.05, 0.1) is 0 Å². The molecule has 2 aromatic carbocycles. The van der Waals surface area contributed by atoms with Crippen LogP contribution < -0.4 is 14.5 Å². The summed E-state index contributed by atoms with van der Waals surface area (Å²) in [6, 6.07) is 33.0. The average molecular weight is 482 g/mol. The lowest BCUT2D eigenvalue weighted by molar-refractivity contribution is 1.13. The van der Waals surface area contributed by atoms with E-state index < -0.39 is 0 Å². The first-order valence-electron chi connectivity index (χ1n) is 10.9. The van der Waals surface area contributed by atoms with Crippen LogP contribution in [0.15, 0.2) is 107 Å². The van der Waals surface area contributed by atoms with Gasteiger partial charge < -0.3 is 4.90 Å². The van der Waals surface area contributed by atoms with Crippen molar-refractivity contribution in [2.24, 2.45) is 0 Å². The van der Waals surface area contributed by atoms with Crippen LogP contribution in [-0.4, -0.2) is 20.8 Å². The third kappa shape index (κ3) is 4.49. The predicted molar refractivity (Wildman–Crippen MR) is 151 cm³/mol. The molecule has 0 atom stereocenters. The highest BCUT2D eigenvalue weighted by Gasteiger charge is 2.32. The third-order valence-electron chi connectivity index (χ3n) is 5.72. The summed E-state index contributed by atoms with van der Waals surface area (Å²) in [5.41, 5.74) is 6.40. The van der Waals surface area contributed by atoms with Crippen molar-refractivity contribution in [2.75, 3.05) is 19.0 Å². The van der Waals surface area contributed by atoms with E-state index in [-0.39, 0.29) is 6.71 Å². The Hall–Kier alpha value is -2.86. The second kappa shape index (κ2) is 9.96. The molecular formula is C28H24BNS3. The minimum atomic E-state index is 0.175. The Morgan fingerprint density at radius 1 is 0.636 bits per heavy atom. The van der Waals surface area contributed by atoms with E-state index in [1.165, 1.54) is 42.3 Å². The van der Waals surface area contributed by atoms with Crippen molar-refractivity contribution in [3.05, 3.63) is 123 Å². The second-order valence-electron chi connectivity index (χ2n) is 8.01. The molecule has 0 amide bonds. The summed E-state index contributed by atoms with van der Waals surface area (Å²) in [6.45, 7) is 0.175. The monoisotopic (exact) mass is 481 g/mol. The minimum absolute atomic E-state index is 0.175. The number of rotatable bonds is 7. The molecule has 0 fully saturated rings. The molecule has 0 unspecified atom stereocenters. The van der Waals surface area contributed by atoms with Gasteiger partial charge in [0.1, 0.15) is 0 Å². The Morgan fingerprint density at radius 3 is 1.82 bits per heavy atom. The Balaban J connectivity index is 1.92. The molecule has 0 aliphatic rings. The quantitative estimate of drug-likeness (QED) is 0.233. The first kappa shape index (κ1) is 22.0. The van der Waals surface area contributed by atoms with Gasteiger partial charge in [-0.1, -0.05) is 78.9 Å². The maximum absolute atomic E-state index is 2.28. The van der Waals surface area contributed by atoms with E-state index >= 15 is 0 Å². The van der Waals surface area contributed by atoms with Crippen molar-refractivity contribution in [3.63, 3.8) is 0 Å². The summed E-state index contributed by atoms with van der Waals surface area (Å²) in [5, 5.41) is 6.57. The molecule has 0 radical (unpaired) electrons. The van der Waals surface area contributed by atoms with Gasteiger partial charge in [-0.2, -0.15) is 22.7 Å².